The Morgan fingerprint density at radius 3 is 2.63 bits per heavy atom. The van der Waals surface area contributed by atoms with Crippen molar-refractivity contribution in [3.63, 3.8) is 0 Å². The summed E-state index contributed by atoms with van der Waals surface area (Å²) in [6.45, 7) is 5.42. The maximum Gasteiger partial charge on any atom is 0.240 e. The molecule has 3 aromatic rings. The van der Waals surface area contributed by atoms with Gasteiger partial charge in [0, 0.05) is 19.6 Å². The Balaban J connectivity index is 1.29. The number of hydrogen-bond acceptors (Lipinski definition) is 3. The highest BCUT2D eigenvalue weighted by molar-refractivity contribution is 5.83. The molecule has 1 unspecified atom stereocenters. The van der Waals surface area contributed by atoms with Crippen LogP contribution < -0.4 is 0 Å². The molecule has 1 amide bonds. The molecule has 5 heteroatoms. The number of para-hydroxylation sites is 2. The van der Waals surface area contributed by atoms with Gasteiger partial charge in [0.05, 0.1) is 23.0 Å². The maximum absolute atomic E-state index is 13.2. The van der Waals surface area contributed by atoms with E-state index < -0.39 is 0 Å². The van der Waals surface area contributed by atoms with Gasteiger partial charge in [-0.15, -0.1) is 0 Å². The van der Waals surface area contributed by atoms with Crippen LogP contribution in [0.3, 0.4) is 0 Å². The summed E-state index contributed by atoms with van der Waals surface area (Å²) < 4.78 is 0. The second-order valence-electron chi connectivity index (χ2n) is 7.63. The summed E-state index contributed by atoms with van der Waals surface area (Å²) in [4.78, 5) is 25.6. The van der Waals surface area contributed by atoms with E-state index >= 15 is 0 Å². The van der Waals surface area contributed by atoms with Gasteiger partial charge in [-0.05, 0) is 36.2 Å². The normalized spacial score (nSPS) is 20.5. The van der Waals surface area contributed by atoms with Crippen molar-refractivity contribution < 1.29 is 4.79 Å². The van der Waals surface area contributed by atoms with E-state index in [0.717, 1.165) is 49.5 Å². The van der Waals surface area contributed by atoms with Crippen molar-refractivity contribution in [2.45, 2.75) is 31.8 Å². The van der Waals surface area contributed by atoms with E-state index in [4.69, 9.17) is 4.98 Å². The van der Waals surface area contributed by atoms with Crippen LogP contribution in [0.25, 0.3) is 11.0 Å². The summed E-state index contributed by atoms with van der Waals surface area (Å²) in [7, 11) is 0. The number of imidazole rings is 1. The van der Waals surface area contributed by atoms with Crippen LogP contribution >= 0.6 is 0 Å². The first kappa shape index (κ1) is 16.5. The molecule has 138 valence electrons. The zero-order chi connectivity index (χ0) is 18.4. The Kier molecular flexibility index (Phi) is 3.97. The fraction of sp³-hybridized carbons (Fsp3) is 0.364. The van der Waals surface area contributed by atoms with Gasteiger partial charge in [-0.1, -0.05) is 43.3 Å². The first-order chi connectivity index (χ1) is 13.2. The minimum absolute atomic E-state index is 0.0403. The molecular formula is C22H24N4O. The predicted octanol–water partition coefficient (Wildman–Crippen LogP) is 2.94. The standard InChI is InChI=1S/C22H24N4O/c1-2-25-12-16-8-4-3-7-15(16)11-20(25)22(27)26-13-17(14-26)21-23-18-9-5-6-10-19(18)24-21/h3-10,17,20H,2,11-14H2,1H3,(H,23,24). The molecule has 2 aliphatic heterocycles. The summed E-state index contributed by atoms with van der Waals surface area (Å²) in [5, 5.41) is 0. The number of carbonyl (C=O) groups excluding carboxylic acids is 1. The summed E-state index contributed by atoms with van der Waals surface area (Å²) >= 11 is 0. The zero-order valence-electron chi connectivity index (χ0n) is 15.6. The van der Waals surface area contributed by atoms with E-state index in [-0.39, 0.29) is 11.9 Å². The molecule has 27 heavy (non-hydrogen) atoms. The van der Waals surface area contributed by atoms with Crippen LogP contribution in [-0.4, -0.2) is 51.4 Å². The molecule has 0 radical (unpaired) electrons. The highest BCUT2D eigenvalue weighted by Gasteiger charge is 2.39. The highest BCUT2D eigenvalue weighted by atomic mass is 16.2. The topological polar surface area (TPSA) is 52.2 Å². The number of benzene rings is 2. The lowest BCUT2D eigenvalue weighted by Crippen LogP contribution is -2.57. The van der Waals surface area contributed by atoms with Gasteiger partial charge in [0.2, 0.25) is 5.91 Å². The first-order valence-electron chi connectivity index (χ1n) is 9.77. The number of nitrogens with zero attached hydrogens (tertiary/aromatic N) is 3. The number of amides is 1. The second-order valence-corrected chi connectivity index (χ2v) is 7.63. The van der Waals surface area contributed by atoms with Gasteiger partial charge in [-0.25, -0.2) is 4.98 Å². The SMILES string of the molecule is CCN1Cc2ccccc2CC1C(=O)N1CC(c2nc3ccccc3[nH]2)C1. The smallest absolute Gasteiger partial charge is 0.240 e. The van der Waals surface area contributed by atoms with Crippen molar-refractivity contribution >= 4 is 16.9 Å². The van der Waals surface area contributed by atoms with Crippen molar-refractivity contribution in [3.8, 4) is 0 Å². The van der Waals surface area contributed by atoms with Crippen LogP contribution in [0.2, 0.25) is 0 Å². The molecule has 5 rings (SSSR count). The molecule has 0 bridgehead atoms. The number of hydrogen-bond donors (Lipinski definition) is 1. The monoisotopic (exact) mass is 360 g/mol. The number of H-pyrrole nitrogens is 1. The van der Waals surface area contributed by atoms with Gasteiger partial charge >= 0.3 is 0 Å². The molecule has 1 atom stereocenters. The number of carbonyl (C=O) groups is 1. The molecular weight excluding hydrogens is 336 g/mol. The van der Waals surface area contributed by atoms with E-state index in [2.05, 4.69) is 41.1 Å². The Morgan fingerprint density at radius 1 is 1.11 bits per heavy atom. The molecule has 1 fully saturated rings. The molecule has 2 aliphatic rings. The van der Waals surface area contributed by atoms with Crippen molar-refractivity contribution in [1.29, 1.82) is 0 Å². The molecule has 1 saturated heterocycles. The summed E-state index contributed by atoms with van der Waals surface area (Å²) in [5.74, 6) is 1.58. The maximum atomic E-state index is 13.2. The van der Waals surface area contributed by atoms with Crippen molar-refractivity contribution in [3.05, 3.63) is 65.5 Å². The van der Waals surface area contributed by atoms with Crippen molar-refractivity contribution in [2.24, 2.45) is 0 Å². The van der Waals surface area contributed by atoms with Crippen LogP contribution in [0.4, 0.5) is 0 Å². The lowest BCUT2D eigenvalue weighted by molar-refractivity contribution is -0.142. The van der Waals surface area contributed by atoms with Crippen LogP contribution in [0.1, 0.15) is 29.8 Å². The lowest BCUT2D eigenvalue weighted by Gasteiger charge is -2.44. The molecule has 1 N–H and O–H groups in total. The summed E-state index contributed by atoms with van der Waals surface area (Å²) in [6, 6.07) is 16.6. The third-order valence-corrected chi connectivity index (χ3v) is 6.02. The number of rotatable bonds is 3. The number of likely N-dealkylation sites (tertiary alicyclic amines) is 1. The van der Waals surface area contributed by atoms with Gasteiger partial charge in [-0.2, -0.15) is 0 Å². The van der Waals surface area contributed by atoms with E-state index in [1.165, 1.54) is 11.1 Å². The third kappa shape index (κ3) is 2.82. The van der Waals surface area contributed by atoms with Gasteiger partial charge < -0.3 is 9.88 Å². The van der Waals surface area contributed by atoms with E-state index in [9.17, 15) is 4.79 Å². The van der Waals surface area contributed by atoms with Crippen LogP contribution in [0.15, 0.2) is 48.5 Å². The largest absolute Gasteiger partial charge is 0.342 e. The molecule has 1 aromatic heterocycles. The number of aromatic amines is 1. The first-order valence-corrected chi connectivity index (χ1v) is 9.77. The van der Waals surface area contributed by atoms with Crippen LogP contribution in [0, 0.1) is 0 Å². The summed E-state index contributed by atoms with van der Waals surface area (Å²) in [5.41, 5.74) is 4.73. The zero-order valence-corrected chi connectivity index (χ0v) is 15.6. The number of likely N-dealkylation sites (N-methyl/N-ethyl adjacent to an activating group) is 1. The lowest BCUT2D eigenvalue weighted by atomic mass is 9.91. The van der Waals surface area contributed by atoms with Crippen LogP contribution in [-0.2, 0) is 17.8 Å². The molecule has 5 nitrogen and oxygen atoms in total. The Morgan fingerprint density at radius 2 is 1.85 bits per heavy atom. The van der Waals surface area contributed by atoms with Crippen LogP contribution in [0.5, 0.6) is 0 Å². The number of fused-ring (bicyclic) bond motifs is 2. The molecule has 2 aromatic carbocycles. The minimum Gasteiger partial charge on any atom is -0.342 e. The van der Waals surface area contributed by atoms with Gasteiger partial charge in [0.25, 0.3) is 0 Å². The highest BCUT2D eigenvalue weighted by Crippen LogP contribution is 2.30. The average molecular weight is 360 g/mol. The average Bonchev–Trinajstić information content (AvgIpc) is 3.09. The van der Waals surface area contributed by atoms with Crippen molar-refractivity contribution in [2.75, 3.05) is 19.6 Å². The van der Waals surface area contributed by atoms with E-state index in [1.54, 1.807) is 0 Å². The van der Waals surface area contributed by atoms with Crippen molar-refractivity contribution in [1.82, 2.24) is 19.8 Å². The molecule has 0 saturated carbocycles. The third-order valence-electron chi connectivity index (χ3n) is 6.02. The Labute approximate surface area is 159 Å². The van der Waals surface area contributed by atoms with Gasteiger partial charge in [0.15, 0.2) is 0 Å². The summed E-state index contributed by atoms with van der Waals surface area (Å²) in [6.07, 6.45) is 0.814. The Hall–Kier alpha value is -2.66. The minimum atomic E-state index is -0.0403. The second kappa shape index (κ2) is 6.50. The fourth-order valence-corrected chi connectivity index (χ4v) is 4.36. The molecule has 3 heterocycles. The fourth-order valence-electron chi connectivity index (χ4n) is 4.36. The van der Waals surface area contributed by atoms with E-state index in [1.807, 2.05) is 29.2 Å². The molecule has 0 spiro atoms. The number of nitrogens with one attached hydrogen (secondary N) is 1. The van der Waals surface area contributed by atoms with E-state index in [0.29, 0.717) is 5.92 Å². The Bertz CT molecular complexity index is 956. The van der Waals surface area contributed by atoms with Gasteiger partial charge in [-0.3, -0.25) is 9.69 Å². The number of aromatic nitrogens is 2. The predicted molar refractivity (Wildman–Crippen MR) is 105 cm³/mol. The quantitative estimate of drug-likeness (QED) is 0.781. The van der Waals surface area contributed by atoms with Gasteiger partial charge in [0.1, 0.15) is 5.82 Å². The molecule has 0 aliphatic carbocycles.